The van der Waals surface area contributed by atoms with Gasteiger partial charge in [0.2, 0.25) is 0 Å². The van der Waals surface area contributed by atoms with Gasteiger partial charge in [-0.3, -0.25) is 14.4 Å². The van der Waals surface area contributed by atoms with Crippen LogP contribution in [0, 0.1) is 0 Å². The van der Waals surface area contributed by atoms with E-state index in [0.717, 1.165) is 10.5 Å². The summed E-state index contributed by atoms with van der Waals surface area (Å²) in [4.78, 5) is 42.6. The number of imide groups is 1. The Morgan fingerprint density at radius 3 is 2.31 bits per heavy atom. The highest BCUT2D eigenvalue weighted by Gasteiger charge is 2.37. The average molecular weight is 481 g/mol. The second-order valence-electron chi connectivity index (χ2n) is 8.36. The van der Waals surface area contributed by atoms with Crippen LogP contribution in [0.25, 0.3) is 0 Å². The van der Waals surface area contributed by atoms with Crippen molar-refractivity contribution in [3.8, 4) is 5.75 Å². The Bertz CT molecular complexity index is 1400. The molecule has 36 heavy (non-hydrogen) atoms. The van der Waals surface area contributed by atoms with E-state index in [1.54, 1.807) is 53.6 Å². The Labute approximate surface area is 208 Å². The van der Waals surface area contributed by atoms with Crippen LogP contribution in [0.2, 0.25) is 0 Å². The molecule has 1 aromatic heterocycles. The molecular weight excluding hydrogens is 456 g/mol. The van der Waals surface area contributed by atoms with Crippen LogP contribution in [-0.2, 0) is 13.1 Å². The van der Waals surface area contributed by atoms with Crippen molar-refractivity contribution < 1.29 is 23.5 Å². The van der Waals surface area contributed by atoms with Crippen LogP contribution in [0.3, 0.4) is 0 Å². The monoisotopic (exact) mass is 480 g/mol. The van der Waals surface area contributed by atoms with E-state index in [4.69, 9.17) is 9.15 Å². The van der Waals surface area contributed by atoms with Crippen LogP contribution in [0.4, 0.5) is 5.69 Å². The molecule has 0 atom stereocenters. The second kappa shape index (κ2) is 9.92. The lowest BCUT2D eigenvalue weighted by atomic mass is 10.0. The molecule has 0 radical (unpaired) electrons. The van der Waals surface area contributed by atoms with Gasteiger partial charge in [0.15, 0.2) is 0 Å². The molecule has 5 rings (SSSR count). The number of carbonyl (C=O) groups is 3. The quantitative estimate of drug-likeness (QED) is 0.319. The number of carbonyl (C=O) groups excluding carboxylic acids is 3. The number of hydrogen-bond acceptors (Lipinski definition) is 5. The van der Waals surface area contributed by atoms with Crippen molar-refractivity contribution in [3.63, 3.8) is 0 Å². The maximum absolute atomic E-state index is 13.6. The summed E-state index contributed by atoms with van der Waals surface area (Å²) in [6.07, 6.45) is 1.57. The summed E-state index contributed by atoms with van der Waals surface area (Å²) in [5, 5.41) is 0. The Kier molecular flexibility index (Phi) is 6.36. The van der Waals surface area contributed by atoms with E-state index in [2.05, 4.69) is 0 Å². The maximum Gasteiger partial charge on any atom is 0.266 e. The molecule has 0 aliphatic carbocycles. The summed E-state index contributed by atoms with van der Waals surface area (Å²) in [6.45, 7) is 3.03. The first kappa shape index (κ1) is 23.1. The molecule has 1 aliphatic rings. The van der Waals surface area contributed by atoms with Crippen LogP contribution in [-0.4, -0.2) is 29.2 Å². The average Bonchev–Trinajstić information content (AvgIpc) is 3.50. The lowest BCUT2D eigenvalue weighted by Gasteiger charge is -2.22. The normalized spacial score (nSPS) is 12.5. The van der Waals surface area contributed by atoms with E-state index in [9.17, 15) is 14.4 Å². The fourth-order valence-corrected chi connectivity index (χ4v) is 4.24. The van der Waals surface area contributed by atoms with Gasteiger partial charge in [-0.25, -0.2) is 4.90 Å². The van der Waals surface area contributed by atoms with Crippen LogP contribution in [0.15, 0.2) is 95.6 Å². The topological polar surface area (TPSA) is 80.1 Å². The van der Waals surface area contributed by atoms with Crippen molar-refractivity contribution >= 4 is 23.4 Å². The Hall–Kier alpha value is -4.65. The molecule has 0 saturated carbocycles. The van der Waals surface area contributed by atoms with Gasteiger partial charge in [-0.2, -0.15) is 0 Å². The molecule has 0 saturated heterocycles. The van der Waals surface area contributed by atoms with E-state index in [0.29, 0.717) is 35.9 Å². The smallest absolute Gasteiger partial charge is 0.266 e. The number of nitrogens with zero attached hydrogens (tertiary/aromatic N) is 2. The van der Waals surface area contributed by atoms with Crippen LogP contribution >= 0.6 is 0 Å². The minimum Gasteiger partial charge on any atom is -0.494 e. The van der Waals surface area contributed by atoms with E-state index < -0.39 is 11.8 Å². The van der Waals surface area contributed by atoms with Crippen molar-refractivity contribution in [2.75, 3.05) is 11.5 Å². The van der Waals surface area contributed by atoms with Crippen LogP contribution in [0.1, 0.15) is 49.3 Å². The molecule has 0 unspecified atom stereocenters. The summed E-state index contributed by atoms with van der Waals surface area (Å²) in [6, 6.07) is 24.6. The molecule has 180 valence electrons. The molecule has 7 heteroatoms. The van der Waals surface area contributed by atoms with Crippen LogP contribution < -0.4 is 9.64 Å². The lowest BCUT2D eigenvalue weighted by molar-refractivity contribution is 0.0717. The molecule has 1 aliphatic heterocycles. The minimum atomic E-state index is -0.463. The van der Waals surface area contributed by atoms with Crippen molar-refractivity contribution in [1.29, 1.82) is 0 Å². The molecule has 7 nitrogen and oxygen atoms in total. The van der Waals surface area contributed by atoms with Gasteiger partial charge in [-0.15, -0.1) is 0 Å². The summed E-state index contributed by atoms with van der Waals surface area (Å²) >= 11 is 0. The maximum atomic E-state index is 13.6. The van der Waals surface area contributed by atoms with E-state index in [-0.39, 0.29) is 23.6 Å². The first-order chi connectivity index (χ1) is 17.5. The number of amides is 3. The molecule has 0 fully saturated rings. The van der Waals surface area contributed by atoms with E-state index >= 15 is 0 Å². The zero-order chi connectivity index (χ0) is 25.1. The minimum absolute atomic E-state index is 0.206. The summed E-state index contributed by atoms with van der Waals surface area (Å²) < 4.78 is 10.9. The van der Waals surface area contributed by atoms with Gasteiger partial charge in [0.25, 0.3) is 17.7 Å². The van der Waals surface area contributed by atoms with Crippen molar-refractivity contribution in [3.05, 3.63) is 119 Å². The van der Waals surface area contributed by atoms with E-state index in [1.165, 1.54) is 6.07 Å². The number of ether oxygens (including phenoxy) is 1. The molecule has 2 heterocycles. The van der Waals surface area contributed by atoms with Gasteiger partial charge in [0, 0.05) is 12.1 Å². The first-order valence-electron chi connectivity index (χ1n) is 11.7. The third kappa shape index (κ3) is 4.51. The number of anilines is 1. The number of hydrogen-bond donors (Lipinski definition) is 0. The van der Waals surface area contributed by atoms with Crippen LogP contribution in [0.5, 0.6) is 5.75 Å². The van der Waals surface area contributed by atoms with Gasteiger partial charge in [-0.1, -0.05) is 30.3 Å². The highest BCUT2D eigenvalue weighted by molar-refractivity contribution is 6.34. The number of fused-ring (bicyclic) bond motifs is 1. The Morgan fingerprint density at radius 2 is 1.61 bits per heavy atom. The molecule has 0 spiro atoms. The Balaban J connectivity index is 1.42. The molecule has 0 bridgehead atoms. The highest BCUT2D eigenvalue weighted by atomic mass is 16.5. The largest absolute Gasteiger partial charge is 0.494 e. The molecule has 0 N–H and O–H groups in total. The predicted molar refractivity (Wildman–Crippen MR) is 134 cm³/mol. The molecule has 3 amide bonds. The molecule has 4 aromatic rings. The van der Waals surface area contributed by atoms with Crippen molar-refractivity contribution in [2.24, 2.45) is 0 Å². The molecule has 3 aromatic carbocycles. The third-order valence-corrected chi connectivity index (χ3v) is 5.97. The molecular formula is C29H24N2O5. The Morgan fingerprint density at radius 1 is 0.861 bits per heavy atom. The van der Waals surface area contributed by atoms with Crippen molar-refractivity contribution in [1.82, 2.24) is 4.90 Å². The van der Waals surface area contributed by atoms with E-state index in [1.807, 2.05) is 43.3 Å². The van der Waals surface area contributed by atoms with Gasteiger partial charge in [0.05, 0.1) is 36.2 Å². The number of furan rings is 1. The number of benzene rings is 3. The highest BCUT2D eigenvalue weighted by Crippen LogP contribution is 2.30. The summed E-state index contributed by atoms with van der Waals surface area (Å²) in [7, 11) is 0. The second-order valence-corrected chi connectivity index (χ2v) is 8.36. The van der Waals surface area contributed by atoms with Crippen molar-refractivity contribution in [2.45, 2.75) is 20.0 Å². The standard InChI is InChI=1S/C29H24N2O5/c1-2-35-23-13-11-22(12-14-23)31-28(33)25-15-10-21(17-26(25)29(31)34)27(32)30(19-24-9-6-16-36-24)18-20-7-4-3-5-8-20/h3-17H,2,18-19H2,1H3. The summed E-state index contributed by atoms with van der Waals surface area (Å²) in [5.74, 6) is 0.149. The van der Waals surface area contributed by atoms with Gasteiger partial charge in [0.1, 0.15) is 11.5 Å². The fraction of sp³-hybridized carbons (Fsp3) is 0.138. The lowest BCUT2D eigenvalue weighted by Crippen LogP contribution is -2.30. The first-order valence-corrected chi connectivity index (χ1v) is 11.7. The van der Waals surface area contributed by atoms with Gasteiger partial charge >= 0.3 is 0 Å². The van der Waals surface area contributed by atoms with Gasteiger partial charge in [-0.05, 0) is 67.1 Å². The number of rotatable bonds is 8. The summed E-state index contributed by atoms with van der Waals surface area (Å²) in [5.41, 5.74) is 2.21. The zero-order valence-electron chi connectivity index (χ0n) is 19.7. The predicted octanol–water partition coefficient (Wildman–Crippen LogP) is 5.32. The SMILES string of the molecule is CCOc1ccc(N2C(=O)c3ccc(C(=O)N(Cc4ccccc4)Cc4ccco4)cc3C2=O)cc1. The fourth-order valence-electron chi connectivity index (χ4n) is 4.24. The van der Waals surface area contributed by atoms with Gasteiger partial charge < -0.3 is 14.1 Å². The third-order valence-electron chi connectivity index (χ3n) is 5.97. The zero-order valence-corrected chi connectivity index (χ0v) is 19.7.